The molecule has 0 aromatic heterocycles. The molecular weight excluding hydrogens is 403 g/mol. The van der Waals surface area contributed by atoms with Gasteiger partial charge in [-0.3, -0.25) is 4.79 Å². The van der Waals surface area contributed by atoms with Crippen LogP contribution in [0.25, 0.3) is 6.08 Å². The number of benzene rings is 2. The average Bonchev–Trinajstić information content (AvgIpc) is 2.56. The minimum Gasteiger partial charge on any atom is -0.494 e. The third-order valence-electron chi connectivity index (χ3n) is 2.97. The number of nitriles is 1. The van der Waals surface area contributed by atoms with Crippen molar-refractivity contribution in [3.05, 3.63) is 63.2 Å². The topological polar surface area (TPSA) is 62.1 Å². The lowest BCUT2D eigenvalue weighted by Crippen LogP contribution is -2.13. The van der Waals surface area contributed by atoms with Crippen molar-refractivity contribution in [2.24, 2.45) is 0 Å². The molecule has 116 valence electrons. The van der Waals surface area contributed by atoms with E-state index in [9.17, 15) is 10.1 Å². The number of hydrogen-bond donors (Lipinski definition) is 1. The van der Waals surface area contributed by atoms with E-state index in [0.29, 0.717) is 12.3 Å². The summed E-state index contributed by atoms with van der Waals surface area (Å²) in [6.45, 7) is 2.49. The van der Waals surface area contributed by atoms with Gasteiger partial charge in [0, 0.05) is 9.26 Å². The van der Waals surface area contributed by atoms with Crippen molar-refractivity contribution < 1.29 is 9.53 Å². The summed E-state index contributed by atoms with van der Waals surface area (Å²) in [6.07, 6.45) is 1.57. The number of carbonyl (C=O) groups excluding carboxylic acids is 1. The molecule has 0 saturated carbocycles. The summed E-state index contributed by atoms with van der Waals surface area (Å²) in [7, 11) is 0. The maximum absolute atomic E-state index is 12.2. The van der Waals surface area contributed by atoms with Crippen LogP contribution in [0, 0.1) is 14.9 Å². The first-order valence-corrected chi connectivity index (χ1v) is 8.12. The minimum atomic E-state index is -0.435. The van der Waals surface area contributed by atoms with Gasteiger partial charge in [0.15, 0.2) is 0 Å². The summed E-state index contributed by atoms with van der Waals surface area (Å²) in [5.41, 5.74) is 1.48. The molecule has 0 atom stereocenters. The lowest BCUT2D eigenvalue weighted by atomic mass is 10.1. The first-order valence-electron chi connectivity index (χ1n) is 7.04. The summed E-state index contributed by atoms with van der Waals surface area (Å²) >= 11 is 2.20. The number of hydrogen-bond acceptors (Lipinski definition) is 3. The van der Waals surface area contributed by atoms with Gasteiger partial charge < -0.3 is 10.1 Å². The van der Waals surface area contributed by atoms with E-state index in [1.165, 1.54) is 0 Å². The van der Waals surface area contributed by atoms with E-state index >= 15 is 0 Å². The molecule has 4 nitrogen and oxygen atoms in total. The molecule has 0 heterocycles. The second kappa shape index (κ2) is 8.34. The summed E-state index contributed by atoms with van der Waals surface area (Å²) in [5, 5.41) is 11.9. The molecule has 1 N–H and O–H groups in total. The van der Waals surface area contributed by atoms with Crippen LogP contribution < -0.4 is 10.1 Å². The Kier molecular flexibility index (Phi) is 6.18. The van der Waals surface area contributed by atoms with Gasteiger partial charge in [0.1, 0.15) is 17.4 Å². The van der Waals surface area contributed by atoms with E-state index in [4.69, 9.17) is 4.74 Å². The lowest BCUT2D eigenvalue weighted by molar-refractivity contribution is -0.112. The lowest BCUT2D eigenvalue weighted by Gasteiger charge is -2.06. The van der Waals surface area contributed by atoms with Crippen molar-refractivity contribution in [3.8, 4) is 11.8 Å². The Balaban J connectivity index is 2.11. The molecule has 0 aliphatic heterocycles. The van der Waals surface area contributed by atoms with E-state index in [1.807, 2.05) is 37.3 Å². The van der Waals surface area contributed by atoms with Gasteiger partial charge in [-0.05, 0) is 77.6 Å². The zero-order valence-corrected chi connectivity index (χ0v) is 14.7. The smallest absolute Gasteiger partial charge is 0.266 e. The molecule has 1 amide bonds. The second-order valence-corrected chi connectivity index (χ2v) is 5.88. The van der Waals surface area contributed by atoms with Crippen LogP contribution >= 0.6 is 22.6 Å². The van der Waals surface area contributed by atoms with Crippen molar-refractivity contribution in [1.82, 2.24) is 0 Å². The molecule has 0 spiro atoms. The molecule has 2 rings (SSSR count). The third kappa shape index (κ3) is 5.11. The Hall–Kier alpha value is -2.33. The van der Waals surface area contributed by atoms with Crippen LogP contribution in [0.15, 0.2) is 54.1 Å². The van der Waals surface area contributed by atoms with Gasteiger partial charge in [0.25, 0.3) is 5.91 Å². The number of carbonyl (C=O) groups is 1. The van der Waals surface area contributed by atoms with Crippen LogP contribution in [0.5, 0.6) is 5.75 Å². The third-order valence-corrected chi connectivity index (χ3v) is 3.69. The van der Waals surface area contributed by atoms with Crippen molar-refractivity contribution in [1.29, 1.82) is 5.26 Å². The van der Waals surface area contributed by atoms with E-state index < -0.39 is 5.91 Å². The number of anilines is 1. The molecule has 0 aliphatic rings. The Morgan fingerprint density at radius 3 is 2.43 bits per heavy atom. The number of ether oxygens (including phenoxy) is 1. The molecule has 0 aliphatic carbocycles. The van der Waals surface area contributed by atoms with Crippen LogP contribution in [-0.2, 0) is 4.79 Å². The van der Waals surface area contributed by atoms with Crippen LogP contribution in [0.4, 0.5) is 5.69 Å². The predicted molar refractivity (Wildman–Crippen MR) is 99.0 cm³/mol. The maximum Gasteiger partial charge on any atom is 0.266 e. The Morgan fingerprint density at radius 2 is 1.87 bits per heavy atom. The van der Waals surface area contributed by atoms with E-state index in [0.717, 1.165) is 14.9 Å². The van der Waals surface area contributed by atoms with E-state index in [-0.39, 0.29) is 5.57 Å². The number of halogens is 1. The molecule has 0 radical (unpaired) electrons. The van der Waals surface area contributed by atoms with Crippen LogP contribution in [-0.4, -0.2) is 12.5 Å². The summed E-state index contributed by atoms with van der Waals surface area (Å²) in [6, 6.07) is 16.5. The van der Waals surface area contributed by atoms with Gasteiger partial charge in [0.2, 0.25) is 0 Å². The first kappa shape index (κ1) is 17.0. The van der Waals surface area contributed by atoms with Gasteiger partial charge >= 0.3 is 0 Å². The first-order chi connectivity index (χ1) is 11.1. The monoisotopic (exact) mass is 418 g/mol. The van der Waals surface area contributed by atoms with Gasteiger partial charge in [-0.15, -0.1) is 0 Å². The highest BCUT2D eigenvalue weighted by molar-refractivity contribution is 14.1. The SMILES string of the molecule is CCOc1ccc(NC(=O)/C(C#N)=C/c2ccc(I)cc2)cc1. The maximum atomic E-state index is 12.2. The summed E-state index contributed by atoms with van der Waals surface area (Å²) in [5.74, 6) is 0.302. The van der Waals surface area contributed by atoms with Crippen molar-refractivity contribution >= 4 is 40.3 Å². The molecule has 2 aromatic rings. The van der Waals surface area contributed by atoms with Crippen LogP contribution in [0.1, 0.15) is 12.5 Å². The van der Waals surface area contributed by atoms with Crippen molar-refractivity contribution in [3.63, 3.8) is 0 Å². The Labute approximate surface area is 148 Å². The molecule has 23 heavy (non-hydrogen) atoms. The summed E-state index contributed by atoms with van der Waals surface area (Å²) in [4.78, 5) is 12.2. The highest BCUT2D eigenvalue weighted by atomic mass is 127. The van der Waals surface area contributed by atoms with E-state index in [2.05, 4.69) is 27.9 Å². The highest BCUT2D eigenvalue weighted by Gasteiger charge is 2.09. The van der Waals surface area contributed by atoms with Crippen LogP contribution in [0.2, 0.25) is 0 Å². The fourth-order valence-corrected chi connectivity index (χ4v) is 2.23. The highest BCUT2D eigenvalue weighted by Crippen LogP contribution is 2.17. The molecule has 0 fully saturated rings. The molecular formula is C18H15IN2O2. The fourth-order valence-electron chi connectivity index (χ4n) is 1.87. The fraction of sp³-hybridized carbons (Fsp3) is 0.111. The normalized spacial score (nSPS) is 10.7. The Morgan fingerprint density at radius 1 is 1.22 bits per heavy atom. The van der Waals surface area contributed by atoms with Crippen LogP contribution in [0.3, 0.4) is 0 Å². The number of nitrogens with one attached hydrogen (secondary N) is 1. The molecule has 2 aromatic carbocycles. The second-order valence-electron chi connectivity index (χ2n) is 4.63. The minimum absolute atomic E-state index is 0.0556. The molecule has 5 heteroatoms. The van der Waals surface area contributed by atoms with Gasteiger partial charge in [-0.2, -0.15) is 5.26 Å². The van der Waals surface area contributed by atoms with Crippen molar-refractivity contribution in [2.75, 3.05) is 11.9 Å². The molecule has 0 unspecified atom stereocenters. The average molecular weight is 418 g/mol. The summed E-state index contributed by atoms with van der Waals surface area (Å²) < 4.78 is 6.44. The van der Waals surface area contributed by atoms with Gasteiger partial charge in [0.05, 0.1) is 6.61 Å². The van der Waals surface area contributed by atoms with Crippen molar-refractivity contribution in [2.45, 2.75) is 6.92 Å². The molecule has 0 bridgehead atoms. The number of amides is 1. The Bertz CT molecular complexity index is 744. The zero-order valence-electron chi connectivity index (χ0n) is 12.5. The largest absolute Gasteiger partial charge is 0.494 e. The van der Waals surface area contributed by atoms with E-state index in [1.54, 1.807) is 30.3 Å². The zero-order chi connectivity index (χ0) is 16.7. The molecule has 0 saturated heterocycles. The van der Waals surface area contributed by atoms with Gasteiger partial charge in [-0.25, -0.2) is 0 Å². The number of nitrogens with zero attached hydrogens (tertiary/aromatic N) is 1. The number of rotatable bonds is 5. The van der Waals surface area contributed by atoms with Gasteiger partial charge in [-0.1, -0.05) is 12.1 Å². The quantitative estimate of drug-likeness (QED) is 0.449. The predicted octanol–water partition coefficient (Wildman–Crippen LogP) is 4.24. The standard InChI is InChI=1S/C18H15IN2O2/c1-2-23-17-9-7-16(8-10-17)21-18(22)14(12-20)11-13-3-5-15(19)6-4-13/h3-11H,2H2,1H3,(H,21,22)/b14-11+.